The van der Waals surface area contributed by atoms with Gasteiger partial charge in [-0.2, -0.15) is 0 Å². The summed E-state index contributed by atoms with van der Waals surface area (Å²) in [5.74, 6) is -0.983. The third-order valence-corrected chi connectivity index (χ3v) is 3.29. The van der Waals surface area contributed by atoms with E-state index in [4.69, 9.17) is 9.84 Å². The van der Waals surface area contributed by atoms with Crippen molar-refractivity contribution in [2.45, 2.75) is 39.5 Å². The minimum absolute atomic E-state index is 0.125. The van der Waals surface area contributed by atoms with Crippen LogP contribution in [0.2, 0.25) is 0 Å². The molecule has 0 bridgehead atoms. The van der Waals surface area contributed by atoms with Gasteiger partial charge < -0.3 is 14.7 Å². The zero-order valence-electron chi connectivity index (χ0n) is 13.4. The molecule has 0 aliphatic heterocycles. The second-order valence-corrected chi connectivity index (χ2v) is 5.11. The first-order valence-electron chi connectivity index (χ1n) is 7.78. The van der Waals surface area contributed by atoms with Gasteiger partial charge in [-0.1, -0.05) is 19.1 Å². The third kappa shape index (κ3) is 6.61. The van der Waals surface area contributed by atoms with Gasteiger partial charge in [0.1, 0.15) is 0 Å². The number of esters is 1. The first-order valence-corrected chi connectivity index (χ1v) is 7.78. The van der Waals surface area contributed by atoms with E-state index in [2.05, 4.69) is 11.8 Å². The summed E-state index contributed by atoms with van der Waals surface area (Å²) in [6, 6.07) is 7.86. The first kappa shape index (κ1) is 18.0. The summed E-state index contributed by atoms with van der Waals surface area (Å²) >= 11 is 0. The van der Waals surface area contributed by atoms with E-state index in [1.54, 1.807) is 6.92 Å². The molecule has 0 fully saturated rings. The maximum atomic E-state index is 11.5. The van der Waals surface area contributed by atoms with E-state index in [0.29, 0.717) is 26.0 Å². The van der Waals surface area contributed by atoms with Crippen LogP contribution in [0.1, 0.15) is 38.7 Å². The molecular weight excluding hydrogens is 282 g/mol. The van der Waals surface area contributed by atoms with E-state index in [1.165, 1.54) is 0 Å². The minimum atomic E-state index is -0.793. The van der Waals surface area contributed by atoms with Gasteiger partial charge in [0.15, 0.2) is 0 Å². The highest BCUT2D eigenvalue weighted by molar-refractivity contribution is 5.70. The lowest BCUT2D eigenvalue weighted by Gasteiger charge is -2.24. The molecule has 0 saturated carbocycles. The van der Waals surface area contributed by atoms with Crippen molar-refractivity contribution in [1.29, 1.82) is 0 Å². The number of nitrogens with zero attached hydrogens (tertiary/aromatic N) is 1. The van der Waals surface area contributed by atoms with Crippen LogP contribution in [0, 0.1) is 0 Å². The van der Waals surface area contributed by atoms with E-state index >= 15 is 0 Å². The predicted octanol–water partition coefficient (Wildman–Crippen LogP) is 2.87. The van der Waals surface area contributed by atoms with Crippen molar-refractivity contribution in [1.82, 2.24) is 0 Å². The summed E-state index contributed by atoms with van der Waals surface area (Å²) in [4.78, 5) is 24.3. The number of carbonyl (C=O) groups is 2. The van der Waals surface area contributed by atoms with Gasteiger partial charge in [0.2, 0.25) is 0 Å². The largest absolute Gasteiger partial charge is 0.481 e. The predicted molar refractivity (Wildman–Crippen MR) is 86.2 cm³/mol. The minimum Gasteiger partial charge on any atom is -0.481 e. The molecule has 1 N–H and O–H groups in total. The number of ether oxygens (including phenoxy) is 1. The third-order valence-electron chi connectivity index (χ3n) is 3.29. The van der Waals surface area contributed by atoms with E-state index in [9.17, 15) is 9.59 Å². The molecule has 5 heteroatoms. The van der Waals surface area contributed by atoms with Crippen LogP contribution in [0.15, 0.2) is 24.3 Å². The topological polar surface area (TPSA) is 66.8 Å². The smallest absolute Gasteiger partial charge is 0.307 e. The molecule has 0 saturated heterocycles. The fourth-order valence-electron chi connectivity index (χ4n) is 2.26. The number of benzene rings is 1. The Morgan fingerprint density at radius 2 is 1.95 bits per heavy atom. The van der Waals surface area contributed by atoms with Crippen molar-refractivity contribution in [3.05, 3.63) is 29.8 Å². The molecule has 0 aliphatic rings. The van der Waals surface area contributed by atoms with E-state index in [-0.39, 0.29) is 12.4 Å². The van der Waals surface area contributed by atoms with Gasteiger partial charge in [-0.05, 0) is 37.5 Å². The standard InChI is InChI=1S/C17H25NO4/c1-3-11-18(12-10-17(21)22-4-2)15-7-5-6-14(13-15)8-9-16(19)20/h5-7,13H,3-4,8-12H2,1-2H3,(H,19,20). The SMILES string of the molecule is CCCN(CCC(=O)OCC)c1cccc(CCC(=O)O)c1. The number of aliphatic carboxylic acids is 1. The Balaban J connectivity index is 2.71. The van der Waals surface area contributed by atoms with Crippen molar-refractivity contribution >= 4 is 17.6 Å². The average Bonchev–Trinajstić information content (AvgIpc) is 2.50. The van der Waals surface area contributed by atoms with Gasteiger partial charge in [-0.15, -0.1) is 0 Å². The van der Waals surface area contributed by atoms with E-state index in [0.717, 1.165) is 24.2 Å². The molecule has 0 aliphatic carbocycles. The molecule has 0 unspecified atom stereocenters. The van der Waals surface area contributed by atoms with Gasteiger partial charge >= 0.3 is 11.9 Å². The lowest BCUT2D eigenvalue weighted by atomic mass is 10.1. The summed E-state index contributed by atoms with van der Waals surface area (Å²) in [6.45, 7) is 5.74. The van der Waals surface area contributed by atoms with Gasteiger partial charge in [0, 0.05) is 25.2 Å². The average molecular weight is 307 g/mol. The zero-order chi connectivity index (χ0) is 16.4. The van der Waals surface area contributed by atoms with Crippen molar-refractivity contribution in [2.24, 2.45) is 0 Å². The molecule has 0 spiro atoms. The molecule has 122 valence electrons. The zero-order valence-corrected chi connectivity index (χ0v) is 13.4. The molecule has 1 rings (SSSR count). The molecule has 0 heterocycles. The van der Waals surface area contributed by atoms with Crippen LogP contribution < -0.4 is 4.90 Å². The van der Waals surface area contributed by atoms with Crippen molar-refractivity contribution in [3.63, 3.8) is 0 Å². The van der Waals surface area contributed by atoms with Crippen LogP contribution in [0.25, 0.3) is 0 Å². The highest BCUT2D eigenvalue weighted by Gasteiger charge is 2.10. The Kier molecular flexibility index (Phi) is 8.04. The van der Waals surface area contributed by atoms with Crippen LogP contribution >= 0.6 is 0 Å². The molecule has 0 radical (unpaired) electrons. The summed E-state index contributed by atoms with van der Waals surface area (Å²) in [5.41, 5.74) is 2.02. The number of anilines is 1. The van der Waals surface area contributed by atoms with Crippen LogP contribution in [-0.4, -0.2) is 36.7 Å². The normalized spacial score (nSPS) is 10.3. The summed E-state index contributed by atoms with van der Waals surface area (Å²) < 4.78 is 4.96. The van der Waals surface area contributed by atoms with Gasteiger partial charge in [0.05, 0.1) is 13.0 Å². The van der Waals surface area contributed by atoms with Crippen molar-refractivity contribution in [3.8, 4) is 0 Å². The van der Waals surface area contributed by atoms with Crippen LogP contribution in [0.4, 0.5) is 5.69 Å². The number of aryl methyl sites for hydroxylation is 1. The second kappa shape index (κ2) is 9.82. The van der Waals surface area contributed by atoms with Crippen molar-refractivity contribution < 1.29 is 19.4 Å². The molecule has 22 heavy (non-hydrogen) atoms. The highest BCUT2D eigenvalue weighted by Crippen LogP contribution is 2.18. The van der Waals surface area contributed by atoms with Crippen LogP contribution in [-0.2, 0) is 20.7 Å². The van der Waals surface area contributed by atoms with Gasteiger partial charge in [0.25, 0.3) is 0 Å². The fourth-order valence-corrected chi connectivity index (χ4v) is 2.26. The molecule has 1 aromatic carbocycles. The van der Waals surface area contributed by atoms with Crippen LogP contribution in [0.5, 0.6) is 0 Å². The van der Waals surface area contributed by atoms with Crippen LogP contribution in [0.3, 0.4) is 0 Å². The number of hydrogen-bond donors (Lipinski definition) is 1. The van der Waals surface area contributed by atoms with E-state index in [1.807, 2.05) is 24.3 Å². The Labute approximate surface area is 131 Å². The van der Waals surface area contributed by atoms with Gasteiger partial charge in [-0.3, -0.25) is 9.59 Å². The van der Waals surface area contributed by atoms with Gasteiger partial charge in [-0.25, -0.2) is 0 Å². The monoisotopic (exact) mass is 307 g/mol. The Morgan fingerprint density at radius 3 is 2.59 bits per heavy atom. The fraction of sp³-hybridized carbons (Fsp3) is 0.529. The first-order chi connectivity index (χ1) is 10.6. The number of carboxylic acid groups (broad SMARTS) is 1. The number of rotatable bonds is 10. The molecular formula is C17H25NO4. The number of carbonyl (C=O) groups excluding carboxylic acids is 1. The lowest BCUT2D eigenvalue weighted by molar-refractivity contribution is -0.143. The Hall–Kier alpha value is -2.04. The molecule has 5 nitrogen and oxygen atoms in total. The Bertz CT molecular complexity index is 487. The number of hydrogen-bond acceptors (Lipinski definition) is 4. The summed E-state index contributed by atoms with van der Waals surface area (Å²) in [6.07, 6.45) is 1.97. The number of carboxylic acids is 1. The maximum absolute atomic E-state index is 11.5. The second-order valence-electron chi connectivity index (χ2n) is 5.11. The quantitative estimate of drug-likeness (QED) is 0.673. The summed E-state index contributed by atoms with van der Waals surface area (Å²) in [7, 11) is 0. The maximum Gasteiger partial charge on any atom is 0.307 e. The molecule has 0 aromatic heterocycles. The summed E-state index contributed by atoms with van der Waals surface area (Å²) in [5, 5.41) is 8.77. The molecule has 0 atom stereocenters. The lowest BCUT2D eigenvalue weighted by Crippen LogP contribution is -2.27. The Morgan fingerprint density at radius 1 is 1.18 bits per heavy atom. The molecule has 1 aromatic rings. The van der Waals surface area contributed by atoms with Crippen molar-refractivity contribution in [2.75, 3.05) is 24.6 Å². The molecule has 0 amide bonds. The highest BCUT2D eigenvalue weighted by atomic mass is 16.5. The van der Waals surface area contributed by atoms with E-state index < -0.39 is 5.97 Å².